The maximum Gasteiger partial charge on any atom is 0.0610 e. The van der Waals surface area contributed by atoms with E-state index in [2.05, 4.69) is 39.7 Å². The zero-order valence-electron chi connectivity index (χ0n) is 9.36. The summed E-state index contributed by atoms with van der Waals surface area (Å²) in [7, 11) is 0. The Bertz CT molecular complexity index is 500. The fourth-order valence-electron chi connectivity index (χ4n) is 2.29. The summed E-state index contributed by atoms with van der Waals surface area (Å²) in [6, 6.07) is 6.51. The van der Waals surface area contributed by atoms with Crippen molar-refractivity contribution in [2.45, 2.75) is 6.92 Å². The zero-order chi connectivity index (χ0) is 11.0. The summed E-state index contributed by atoms with van der Waals surface area (Å²) in [4.78, 5) is 2.46. The van der Waals surface area contributed by atoms with Gasteiger partial charge in [0, 0.05) is 37.3 Å². The average Bonchev–Trinajstić information content (AvgIpc) is 2.73. The number of aromatic nitrogens is 1. The minimum atomic E-state index is 1.08. The van der Waals surface area contributed by atoms with E-state index in [1.54, 1.807) is 11.5 Å². The molecule has 1 aliphatic heterocycles. The first-order valence-electron chi connectivity index (χ1n) is 5.67. The van der Waals surface area contributed by atoms with Crippen LogP contribution in [-0.2, 0) is 0 Å². The van der Waals surface area contributed by atoms with Gasteiger partial charge in [0.2, 0.25) is 0 Å². The third-order valence-electron chi connectivity index (χ3n) is 3.10. The van der Waals surface area contributed by atoms with Crippen LogP contribution < -0.4 is 10.2 Å². The van der Waals surface area contributed by atoms with E-state index in [-0.39, 0.29) is 0 Å². The summed E-state index contributed by atoms with van der Waals surface area (Å²) >= 11 is 1.60. The lowest BCUT2D eigenvalue weighted by Gasteiger charge is -2.30. The van der Waals surface area contributed by atoms with E-state index in [4.69, 9.17) is 0 Å². The maximum atomic E-state index is 4.45. The van der Waals surface area contributed by atoms with Crippen molar-refractivity contribution in [1.82, 2.24) is 9.69 Å². The highest BCUT2D eigenvalue weighted by molar-refractivity contribution is 7.13. The van der Waals surface area contributed by atoms with Gasteiger partial charge in [-0.2, -0.15) is 4.37 Å². The quantitative estimate of drug-likeness (QED) is 0.816. The van der Waals surface area contributed by atoms with Gasteiger partial charge in [0.1, 0.15) is 0 Å². The summed E-state index contributed by atoms with van der Waals surface area (Å²) in [6.07, 6.45) is 0. The minimum absolute atomic E-state index is 1.08. The summed E-state index contributed by atoms with van der Waals surface area (Å²) in [5.74, 6) is 0. The molecule has 1 aromatic carbocycles. The van der Waals surface area contributed by atoms with Crippen molar-refractivity contribution in [2.75, 3.05) is 31.1 Å². The Morgan fingerprint density at radius 3 is 2.94 bits per heavy atom. The number of aryl methyl sites for hydroxylation is 1. The molecule has 2 aromatic rings. The fourth-order valence-corrected chi connectivity index (χ4v) is 3.10. The average molecular weight is 233 g/mol. The molecule has 0 radical (unpaired) electrons. The van der Waals surface area contributed by atoms with Crippen molar-refractivity contribution in [3.8, 4) is 0 Å². The molecular weight excluding hydrogens is 218 g/mol. The van der Waals surface area contributed by atoms with Crippen LogP contribution in [0.15, 0.2) is 18.2 Å². The number of anilines is 1. The van der Waals surface area contributed by atoms with Gasteiger partial charge in [0.25, 0.3) is 0 Å². The predicted octanol–water partition coefficient (Wildman–Crippen LogP) is 2.01. The minimum Gasteiger partial charge on any atom is -0.368 e. The Morgan fingerprint density at radius 2 is 2.12 bits per heavy atom. The van der Waals surface area contributed by atoms with Crippen LogP contribution in [0, 0.1) is 6.92 Å². The van der Waals surface area contributed by atoms with Crippen molar-refractivity contribution in [1.29, 1.82) is 0 Å². The summed E-state index contributed by atoms with van der Waals surface area (Å²) in [5, 5.41) is 4.73. The number of hydrogen-bond donors (Lipinski definition) is 1. The molecule has 16 heavy (non-hydrogen) atoms. The standard InChI is InChI=1S/C12H15N3S/c1-9-12-10(15-7-5-13-6-8-15)3-2-4-11(12)16-14-9/h2-4,13H,5-8H2,1H3. The van der Waals surface area contributed by atoms with Crippen LogP contribution in [0.5, 0.6) is 0 Å². The molecule has 3 nitrogen and oxygen atoms in total. The maximum absolute atomic E-state index is 4.45. The number of fused-ring (bicyclic) bond motifs is 1. The van der Waals surface area contributed by atoms with Crippen LogP contribution in [0.25, 0.3) is 10.1 Å². The molecule has 1 N–H and O–H groups in total. The van der Waals surface area contributed by atoms with Crippen LogP contribution in [0.4, 0.5) is 5.69 Å². The van der Waals surface area contributed by atoms with Gasteiger partial charge < -0.3 is 10.2 Å². The zero-order valence-corrected chi connectivity index (χ0v) is 10.2. The first kappa shape index (κ1) is 10.1. The first-order chi connectivity index (χ1) is 7.86. The van der Waals surface area contributed by atoms with Gasteiger partial charge in [-0.3, -0.25) is 0 Å². The highest BCUT2D eigenvalue weighted by Gasteiger charge is 2.15. The van der Waals surface area contributed by atoms with E-state index in [0.29, 0.717) is 0 Å². The monoisotopic (exact) mass is 233 g/mol. The Morgan fingerprint density at radius 1 is 1.31 bits per heavy atom. The Balaban J connectivity index is 2.10. The van der Waals surface area contributed by atoms with Gasteiger partial charge in [-0.15, -0.1) is 0 Å². The molecular formula is C12H15N3S. The van der Waals surface area contributed by atoms with Crippen molar-refractivity contribution in [3.05, 3.63) is 23.9 Å². The number of benzene rings is 1. The SMILES string of the molecule is Cc1nsc2cccc(N3CCNCC3)c12. The van der Waals surface area contributed by atoms with E-state index in [1.807, 2.05) is 0 Å². The van der Waals surface area contributed by atoms with E-state index in [9.17, 15) is 0 Å². The summed E-state index contributed by atoms with van der Waals surface area (Å²) in [5.41, 5.74) is 2.51. The highest BCUT2D eigenvalue weighted by Crippen LogP contribution is 2.31. The van der Waals surface area contributed by atoms with Crippen molar-refractivity contribution < 1.29 is 0 Å². The van der Waals surface area contributed by atoms with E-state index < -0.39 is 0 Å². The predicted molar refractivity (Wildman–Crippen MR) is 69.4 cm³/mol. The number of hydrogen-bond acceptors (Lipinski definition) is 4. The van der Waals surface area contributed by atoms with E-state index in [0.717, 1.165) is 31.9 Å². The number of nitrogens with zero attached hydrogens (tertiary/aromatic N) is 2. The topological polar surface area (TPSA) is 28.2 Å². The third kappa shape index (κ3) is 1.58. The van der Waals surface area contributed by atoms with Gasteiger partial charge in [-0.05, 0) is 30.6 Å². The second-order valence-electron chi connectivity index (χ2n) is 4.16. The molecule has 1 aromatic heterocycles. The molecule has 0 saturated carbocycles. The molecule has 1 saturated heterocycles. The molecule has 0 spiro atoms. The van der Waals surface area contributed by atoms with Crippen LogP contribution >= 0.6 is 11.5 Å². The number of piperazine rings is 1. The smallest absolute Gasteiger partial charge is 0.0610 e. The largest absolute Gasteiger partial charge is 0.368 e. The van der Waals surface area contributed by atoms with E-state index in [1.165, 1.54) is 15.8 Å². The normalized spacial score (nSPS) is 16.9. The van der Waals surface area contributed by atoms with Crippen LogP contribution in [0.2, 0.25) is 0 Å². The van der Waals surface area contributed by atoms with Gasteiger partial charge in [-0.1, -0.05) is 6.07 Å². The van der Waals surface area contributed by atoms with Crippen LogP contribution in [0.3, 0.4) is 0 Å². The Labute approximate surface area is 99.2 Å². The molecule has 0 bridgehead atoms. The van der Waals surface area contributed by atoms with Crippen molar-refractivity contribution in [3.63, 3.8) is 0 Å². The van der Waals surface area contributed by atoms with Crippen molar-refractivity contribution in [2.24, 2.45) is 0 Å². The molecule has 4 heteroatoms. The second-order valence-corrected chi connectivity index (χ2v) is 4.96. The molecule has 0 amide bonds. The molecule has 3 rings (SSSR count). The number of rotatable bonds is 1. The van der Waals surface area contributed by atoms with Crippen molar-refractivity contribution >= 4 is 27.3 Å². The molecule has 0 aliphatic carbocycles. The third-order valence-corrected chi connectivity index (χ3v) is 4.01. The second kappa shape index (κ2) is 4.03. The van der Waals surface area contributed by atoms with Gasteiger partial charge in [-0.25, -0.2) is 0 Å². The first-order valence-corrected chi connectivity index (χ1v) is 6.44. The lowest BCUT2D eigenvalue weighted by atomic mass is 10.1. The lowest BCUT2D eigenvalue weighted by molar-refractivity contribution is 0.590. The molecule has 1 fully saturated rings. The summed E-state index contributed by atoms with van der Waals surface area (Å²) in [6.45, 7) is 6.44. The molecule has 1 aliphatic rings. The van der Waals surface area contributed by atoms with Gasteiger partial charge in [0.05, 0.1) is 10.4 Å². The molecule has 2 heterocycles. The van der Waals surface area contributed by atoms with Crippen LogP contribution in [0.1, 0.15) is 5.69 Å². The molecule has 0 unspecified atom stereocenters. The fraction of sp³-hybridized carbons (Fsp3) is 0.417. The van der Waals surface area contributed by atoms with E-state index >= 15 is 0 Å². The highest BCUT2D eigenvalue weighted by atomic mass is 32.1. The van der Waals surface area contributed by atoms with Gasteiger partial charge >= 0.3 is 0 Å². The molecule has 0 atom stereocenters. The Hall–Kier alpha value is -1.13. The van der Waals surface area contributed by atoms with Crippen LogP contribution in [-0.4, -0.2) is 30.6 Å². The summed E-state index contributed by atoms with van der Waals surface area (Å²) < 4.78 is 5.75. The lowest BCUT2D eigenvalue weighted by Crippen LogP contribution is -2.43. The number of nitrogens with one attached hydrogen (secondary N) is 1. The Kier molecular flexibility index (Phi) is 2.53. The molecule has 84 valence electrons. The van der Waals surface area contributed by atoms with Gasteiger partial charge in [0.15, 0.2) is 0 Å².